The minimum Gasteiger partial charge on any atom is -0.451 e. The molecule has 1 N–H and O–H groups in total. The number of para-hydroxylation sites is 1. The summed E-state index contributed by atoms with van der Waals surface area (Å²) in [5.74, 6) is -0.366. The number of nitrogens with zero attached hydrogens (tertiary/aromatic N) is 2. The Morgan fingerprint density at radius 1 is 1.40 bits per heavy atom. The molecule has 0 bridgehead atoms. The van der Waals surface area contributed by atoms with Crippen LogP contribution in [0.5, 0.6) is 0 Å². The van der Waals surface area contributed by atoms with Gasteiger partial charge in [0, 0.05) is 5.39 Å². The van der Waals surface area contributed by atoms with Crippen molar-refractivity contribution >= 4 is 38.3 Å². The molecule has 2 heterocycles. The summed E-state index contributed by atoms with van der Waals surface area (Å²) in [6, 6.07) is 8.82. The average Bonchev–Trinajstić information content (AvgIpc) is 3.04. The lowest BCUT2D eigenvalue weighted by Crippen LogP contribution is -2.10. The van der Waals surface area contributed by atoms with Gasteiger partial charge in [0.05, 0.1) is 4.92 Å². The number of aromatic nitrogens is 1. The van der Waals surface area contributed by atoms with Gasteiger partial charge in [0.2, 0.25) is 0 Å². The number of nitro groups is 1. The largest absolute Gasteiger partial charge is 0.451 e. The summed E-state index contributed by atoms with van der Waals surface area (Å²) in [7, 11) is 0. The van der Waals surface area contributed by atoms with Gasteiger partial charge in [-0.05, 0) is 23.5 Å². The molecule has 0 radical (unpaired) electrons. The standard InChI is InChI=1S/C12H7N3O4S/c16-11(14-12-13-6-10(20-12)15(17)18)9-5-7-3-1-2-4-8(7)19-9/h1-6H,(H,13,14,16). The Bertz CT molecular complexity index is 775. The fourth-order valence-electron chi connectivity index (χ4n) is 1.66. The second-order valence-corrected chi connectivity index (χ2v) is 4.87. The minimum absolute atomic E-state index is 0.129. The van der Waals surface area contributed by atoms with Gasteiger partial charge in [-0.15, -0.1) is 0 Å². The number of hydrogen-bond acceptors (Lipinski definition) is 6. The van der Waals surface area contributed by atoms with E-state index in [0.717, 1.165) is 22.9 Å². The van der Waals surface area contributed by atoms with E-state index in [1.165, 1.54) is 0 Å². The van der Waals surface area contributed by atoms with Crippen LogP contribution in [0, 0.1) is 10.1 Å². The molecule has 0 saturated heterocycles. The maximum atomic E-state index is 12.0. The van der Waals surface area contributed by atoms with Crippen molar-refractivity contribution in [2.24, 2.45) is 0 Å². The van der Waals surface area contributed by atoms with E-state index >= 15 is 0 Å². The van der Waals surface area contributed by atoms with Crippen molar-refractivity contribution in [2.75, 3.05) is 5.32 Å². The number of nitrogens with one attached hydrogen (secondary N) is 1. The maximum absolute atomic E-state index is 12.0. The van der Waals surface area contributed by atoms with Gasteiger partial charge >= 0.3 is 5.00 Å². The van der Waals surface area contributed by atoms with E-state index in [1.807, 2.05) is 12.1 Å². The van der Waals surface area contributed by atoms with Crippen LogP contribution in [0.2, 0.25) is 0 Å². The van der Waals surface area contributed by atoms with E-state index < -0.39 is 10.8 Å². The van der Waals surface area contributed by atoms with Gasteiger partial charge in [0.15, 0.2) is 10.9 Å². The summed E-state index contributed by atoms with van der Waals surface area (Å²) in [5.41, 5.74) is 0.600. The number of thiazole rings is 1. The first kappa shape index (κ1) is 12.3. The fraction of sp³-hybridized carbons (Fsp3) is 0. The zero-order valence-corrected chi connectivity index (χ0v) is 10.7. The van der Waals surface area contributed by atoms with E-state index in [4.69, 9.17) is 4.42 Å². The minimum atomic E-state index is -0.561. The van der Waals surface area contributed by atoms with Crippen LogP contribution in [0.25, 0.3) is 11.0 Å². The molecule has 2 aromatic heterocycles. The monoisotopic (exact) mass is 289 g/mol. The molecule has 0 saturated carbocycles. The number of hydrogen-bond donors (Lipinski definition) is 1. The molecule has 0 fully saturated rings. The zero-order chi connectivity index (χ0) is 14.1. The Morgan fingerprint density at radius 3 is 2.90 bits per heavy atom. The highest BCUT2D eigenvalue weighted by Crippen LogP contribution is 2.26. The van der Waals surface area contributed by atoms with Crippen LogP contribution in [-0.4, -0.2) is 15.8 Å². The van der Waals surface area contributed by atoms with Gasteiger partial charge in [0.1, 0.15) is 11.8 Å². The predicted octanol–water partition coefficient (Wildman–Crippen LogP) is 3.05. The Kier molecular flexibility index (Phi) is 2.92. The number of fused-ring (bicyclic) bond motifs is 1. The van der Waals surface area contributed by atoms with Crippen LogP contribution >= 0.6 is 11.3 Å². The Morgan fingerprint density at radius 2 is 2.20 bits per heavy atom. The number of carbonyl (C=O) groups is 1. The van der Waals surface area contributed by atoms with Crippen molar-refractivity contribution in [1.82, 2.24) is 4.98 Å². The quantitative estimate of drug-likeness (QED) is 0.590. The first-order chi connectivity index (χ1) is 9.63. The smallest absolute Gasteiger partial charge is 0.345 e. The van der Waals surface area contributed by atoms with E-state index in [2.05, 4.69) is 10.3 Å². The summed E-state index contributed by atoms with van der Waals surface area (Å²) in [6.45, 7) is 0. The predicted molar refractivity (Wildman–Crippen MR) is 72.9 cm³/mol. The van der Waals surface area contributed by atoms with Gasteiger partial charge < -0.3 is 4.42 Å². The summed E-state index contributed by atoms with van der Waals surface area (Å²) in [5, 5.41) is 13.8. The third kappa shape index (κ3) is 2.24. The molecular formula is C12H7N3O4S. The molecule has 0 spiro atoms. The highest BCUT2D eigenvalue weighted by Gasteiger charge is 2.16. The van der Waals surface area contributed by atoms with Crippen molar-refractivity contribution in [2.45, 2.75) is 0 Å². The van der Waals surface area contributed by atoms with Crippen molar-refractivity contribution in [1.29, 1.82) is 0 Å². The molecule has 0 unspecified atom stereocenters. The third-order valence-corrected chi connectivity index (χ3v) is 3.41. The van der Waals surface area contributed by atoms with E-state index in [9.17, 15) is 14.9 Å². The molecule has 1 aromatic carbocycles. The molecule has 0 aliphatic heterocycles. The first-order valence-electron chi connectivity index (χ1n) is 5.53. The number of carbonyl (C=O) groups excluding carboxylic acids is 1. The fourth-order valence-corrected chi connectivity index (χ4v) is 2.29. The Hall–Kier alpha value is -2.74. The highest BCUT2D eigenvalue weighted by molar-refractivity contribution is 7.18. The van der Waals surface area contributed by atoms with E-state index in [0.29, 0.717) is 5.58 Å². The normalized spacial score (nSPS) is 10.6. The second-order valence-electron chi connectivity index (χ2n) is 3.86. The van der Waals surface area contributed by atoms with Crippen LogP contribution in [0.15, 0.2) is 40.9 Å². The molecule has 7 nitrogen and oxygen atoms in total. The summed E-state index contributed by atoms with van der Waals surface area (Å²) < 4.78 is 5.39. The number of rotatable bonds is 3. The van der Waals surface area contributed by atoms with Crippen molar-refractivity contribution in [3.8, 4) is 0 Å². The van der Waals surface area contributed by atoms with Crippen LogP contribution in [0.4, 0.5) is 10.1 Å². The molecule has 0 aliphatic carbocycles. The van der Waals surface area contributed by atoms with Gasteiger partial charge in [-0.2, -0.15) is 0 Å². The number of benzene rings is 1. The highest BCUT2D eigenvalue weighted by atomic mass is 32.1. The number of anilines is 1. The molecule has 8 heteroatoms. The van der Waals surface area contributed by atoms with Crippen molar-refractivity contribution < 1.29 is 14.1 Å². The molecule has 0 aliphatic rings. The van der Waals surface area contributed by atoms with Crippen LogP contribution in [0.1, 0.15) is 10.6 Å². The Labute approximate surface area is 116 Å². The SMILES string of the molecule is O=C(Nc1ncc([N+](=O)[O-])s1)c1cc2ccccc2o1. The molecule has 3 aromatic rings. The number of furan rings is 1. The molecule has 1 amide bonds. The molecular weight excluding hydrogens is 282 g/mol. The van der Waals surface area contributed by atoms with Gasteiger partial charge in [-0.1, -0.05) is 18.2 Å². The second kappa shape index (κ2) is 4.74. The van der Waals surface area contributed by atoms with E-state index in [-0.39, 0.29) is 15.9 Å². The van der Waals surface area contributed by atoms with Crippen LogP contribution in [-0.2, 0) is 0 Å². The van der Waals surface area contributed by atoms with Gasteiger partial charge in [0.25, 0.3) is 5.91 Å². The molecule has 3 rings (SSSR count). The third-order valence-electron chi connectivity index (χ3n) is 2.54. The molecule has 20 heavy (non-hydrogen) atoms. The van der Waals surface area contributed by atoms with E-state index in [1.54, 1.807) is 18.2 Å². The van der Waals surface area contributed by atoms with Crippen molar-refractivity contribution in [3.05, 3.63) is 52.4 Å². The summed E-state index contributed by atoms with van der Waals surface area (Å²) >= 11 is 0.787. The maximum Gasteiger partial charge on any atom is 0.345 e. The topological polar surface area (TPSA) is 98.3 Å². The Balaban J connectivity index is 1.83. The lowest BCUT2D eigenvalue weighted by molar-refractivity contribution is -0.380. The summed E-state index contributed by atoms with van der Waals surface area (Å²) in [6.07, 6.45) is 1.10. The lowest BCUT2D eigenvalue weighted by Gasteiger charge is -1.96. The number of amides is 1. The summed E-state index contributed by atoms with van der Waals surface area (Å²) in [4.78, 5) is 25.7. The van der Waals surface area contributed by atoms with Gasteiger partial charge in [-0.3, -0.25) is 20.2 Å². The van der Waals surface area contributed by atoms with Crippen molar-refractivity contribution in [3.63, 3.8) is 0 Å². The first-order valence-corrected chi connectivity index (χ1v) is 6.35. The molecule has 100 valence electrons. The lowest BCUT2D eigenvalue weighted by atomic mass is 10.2. The van der Waals surface area contributed by atoms with Crippen LogP contribution < -0.4 is 5.32 Å². The average molecular weight is 289 g/mol. The van der Waals surface area contributed by atoms with Crippen LogP contribution in [0.3, 0.4) is 0 Å². The zero-order valence-electron chi connectivity index (χ0n) is 9.90. The van der Waals surface area contributed by atoms with Gasteiger partial charge in [-0.25, -0.2) is 4.98 Å². The molecule has 0 atom stereocenters.